The predicted molar refractivity (Wildman–Crippen MR) is 84.8 cm³/mol. The largest absolute Gasteiger partial charge is 0.392 e. The van der Waals surface area contributed by atoms with Crippen molar-refractivity contribution in [1.82, 2.24) is 4.31 Å². The monoisotopic (exact) mass is 337 g/mol. The highest BCUT2D eigenvalue weighted by Gasteiger charge is 2.25. The Morgan fingerprint density at radius 3 is 2.65 bits per heavy atom. The van der Waals surface area contributed by atoms with Crippen molar-refractivity contribution >= 4 is 33.4 Å². The number of sulfonamides is 1. The van der Waals surface area contributed by atoms with Crippen molar-refractivity contribution in [2.24, 2.45) is 0 Å². The molecule has 0 amide bonds. The molecule has 0 spiro atoms. The topological polar surface area (TPSA) is 57.6 Å². The van der Waals surface area contributed by atoms with Crippen LogP contribution in [0.1, 0.15) is 18.9 Å². The predicted octanol–water partition coefficient (Wildman–Crippen LogP) is 2.59. The number of thioether (sulfide) groups is 1. The van der Waals surface area contributed by atoms with Crippen molar-refractivity contribution in [2.75, 3.05) is 19.1 Å². The van der Waals surface area contributed by atoms with E-state index in [0.717, 1.165) is 12.2 Å². The van der Waals surface area contributed by atoms with Gasteiger partial charge in [0.1, 0.15) is 0 Å². The first-order valence-electron chi connectivity index (χ1n) is 6.20. The van der Waals surface area contributed by atoms with Crippen molar-refractivity contribution in [1.29, 1.82) is 0 Å². The van der Waals surface area contributed by atoms with Gasteiger partial charge in [-0.1, -0.05) is 11.6 Å². The standard InChI is InChI=1S/C13H20ClNO3S2/c1-10(6-7-19-3)15(2)20(17,18)12-4-5-13(14)11(8-12)9-16/h4-5,8,10,16H,6-7,9H2,1-3H3. The van der Waals surface area contributed by atoms with Crippen molar-refractivity contribution in [3.8, 4) is 0 Å². The fraction of sp³-hybridized carbons (Fsp3) is 0.538. The zero-order valence-corrected chi connectivity index (χ0v) is 14.2. The van der Waals surface area contributed by atoms with Crippen molar-refractivity contribution < 1.29 is 13.5 Å². The highest BCUT2D eigenvalue weighted by atomic mass is 35.5. The molecule has 1 rings (SSSR count). The fourth-order valence-electron chi connectivity index (χ4n) is 1.71. The zero-order valence-electron chi connectivity index (χ0n) is 11.8. The van der Waals surface area contributed by atoms with Gasteiger partial charge in [0.25, 0.3) is 0 Å². The number of benzene rings is 1. The van der Waals surface area contributed by atoms with Crippen LogP contribution in [-0.4, -0.2) is 42.9 Å². The van der Waals surface area contributed by atoms with E-state index >= 15 is 0 Å². The van der Waals surface area contributed by atoms with Gasteiger partial charge >= 0.3 is 0 Å². The molecule has 7 heteroatoms. The smallest absolute Gasteiger partial charge is 0.243 e. The van der Waals surface area contributed by atoms with Crippen LogP contribution in [-0.2, 0) is 16.6 Å². The van der Waals surface area contributed by atoms with Gasteiger partial charge in [0.2, 0.25) is 10.0 Å². The van der Waals surface area contributed by atoms with Gasteiger partial charge in [-0.15, -0.1) is 0 Å². The van der Waals surface area contributed by atoms with E-state index in [1.165, 1.54) is 22.5 Å². The van der Waals surface area contributed by atoms with Gasteiger partial charge in [-0.05, 0) is 49.1 Å². The molecule has 1 aromatic carbocycles. The van der Waals surface area contributed by atoms with Crippen LogP contribution in [0.2, 0.25) is 5.02 Å². The van der Waals surface area contributed by atoms with Crippen LogP contribution >= 0.6 is 23.4 Å². The summed E-state index contributed by atoms with van der Waals surface area (Å²) in [6.45, 7) is 1.60. The number of nitrogens with zero attached hydrogens (tertiary/aromatic N) is 1. The highest BCUT2D eigenvalue weighted by Crippen LogP contribution is 2.24. The minimum atomic E-state index is -3.56. The number of hydrogen-bond acceptors (Lipinski definition) is 4. The Kier molecular flexibility index (Phi) is 6.81. The molecular formula is C13H20ClNO3S2. The minimum absolute atomic E-state index is 0.0827. The second kappa shape index (κ2) is 7.66. The van der Waals surface area contributed by atoms with Crippen molar-refractivity contribution in [3.63, 3.8) is 0 Å². The quantitative estimate of drug-likeness (QED) is 0.831. The van der Waals surface area contributed by atoms with E-state index in [-0.39, 0.29) is 17.5 Å². The normalized spacial score (nSPS) is 13.7. The van der Waals surface area contributed by atoms with Gasteiger partial charge in [0, 0.05) is 18.1 Å². The molecule has 1 aromatic rings. The zero-order chi connectivity index (χ0) is 15.3. The lowest BCUT2D eigenvalue weighted by Gasteiger charge is -2.24. The second-order valence-electron chi connectivity index (χ2n) is 4.56. The van der Waals surface area contributed by atoms with Gasteiger partial charge < -0.3 is 5.11 Å². The van der Waals surface area contributed by atoms with Crippen LogP contribution in [0.15, 0.2) is 23.1 Å². The Balaban J connectivity index is 3.03. The summed E-state index contributed by atoms with van der Waals surface area (Å²) in [5, 5.41) is 9.54. The van der Waals surface area contributed by atoms with E-state index in [4.69, 9.17) is 11.6 Å². The summed E-state index contributed by atoms with van der Waals surface area (Å²) in [5.41, 5.74) is 0.415. The van der Waals surface area contributed by atoms with Gasteiger partial charge in [-0.3, -0.25) is 0 Å². The number of aliphatic hydroxyl groups is 1. The third-order valence-electron chi connectivity index (χ3n) is 3.22. The highest BCUT2D eigenvalue weighted by molar-refractivity contribution is 7.98. The molecule has 0 bridgehead atoms. The van der Waals surface area contributed by atoms with Crippen LogP contribution in [0, 0.1) is 0 Å². The molecule has 1 unspecified atom stereocenters. The average Bonchev–Trinajstić information content (AvgIpc) is 2.44. The molecule has 1 atom stereocenters. The van der Waals surface area contributed by atoms with Gasteiger partial charge in [-0.25, -0.2) is 8.42 Å². The van der Waals surface area contributed by atoms with Gasteiger partial charge in [0.05, 0.1) is 11.5 Å². The summed E-state index contributed by atoms with van der Waals surface area (Å²) in [6, 6.07) is 4.31. The van der Waals surface area contributed by atoms with E-state index in [2.05, 4.69) is 0 Å². The van der Waals surface area contributed by atoms with Crippen LogP contribution in [0.4, 0.5) is 0 Å². The Morgan fingerprint density at radius 1 is 1.45 bits per heavy atom. The molecule has 20 heavy (non-hydrogen) atoms. The molecule has 0 fully saturated rings. The number of hydrogen-bond donors (Lipinski definition) is 1. The molecule has 1 N–H and O–H groups in total. The summed E-state index contributed by atoms with van der Waals surface area (Å²) in [5.74, 6) is 0.906. The molecule has 0 aliphatic rings. The molecule has 0 saturated heterocycles. The Morgan fingerprint density at radius 2 is 2.10 bits per heavy atom. The third-order valence-corrected chi connectivity index (χ3v) is 6.21. The van der Waals surface area contributed by atoms with Crippen LogP contribution < -0.4 is 0 Å². The number of rotatable bonds is 7. The SMILES string of the molecule is CSCCC(C)N(C)S(=O)(=O)c1ccc(Cl)c(CO)c1. The lowest BCUT2D eigenvalue weighted by Crippen LogP contribution is -2.35. The number of halogens is 1. The second-order valence-corrected chi connectivity index (χ2v) is 7.95. The van der Waals surface area contributed by atoms with Gasteiger partial charge in [-0.2, -0.15) is 16.1 Å². The molecular weight excluding hydrogens is 318 g/mol. The Hall–Kier alpha value is -0.270. The molecule has 0 saturated carbocycles. The lowest BCUT2D eigenvalue weighted by atomic mass is 10.2. The molecule has 0 heterocycles. The average molecular weight is 338 g/mol. The van der Waals surface area contributed by atoms with E-state index in [0.29, 0.717) is 10.6 Å². The molecule has 0 aliphatic carbocycles. The third kappa shape index (κ3) is 4.11. The first kappa shape index (κ1) is 17.8. The summed E-state index contributed by atoms with van der Waals surface area (Å²) >= 11 is 7.58. The Bertz CT molecular complexity index is 549. The molecule has 114 valence electrons. The van der Waals surface area contributed by atoms with Crippen molar-refractivity contribution in [2.45, 2.75) is 30.9 Å². The Labute approximate surface area is 130 Å². The maximum absolute atomic E-state index is 12.5. The molecule has 4 nitrogen and oxygen atoms in total. The molecule has 0 aromatic heterocycles. The molecule has 0 radical (unpaired) electrons. The van der Waals surface area contributed by atoms with Crippen molar-refractivity contribution in [3.05, 3.63) is 28.8 Å². The van der Waals surface area contributed by atoms with Crippen LogP contribution in [0.3, 0.4) is 0 Å². The van der Waals surface area contributed by atoms with E-state index < -0.39 is 10.0 Å². The van der Waals surface area contributed by atoms with Gasteiger partial charge in [0.15, 0.2) is 0 Å². The number of aliphatic hydroxyl groups excluding tert-OH is 1. The van der Waals surface area contributed by atoms with Crippen LogP contribution in [0.25, 0.3) is 0 Å². The minimum Gasteiger partial charge on any atom is -0.392 e. The summed E-state index contributed by atoms with van der Waals surface area (Å²) in [4.78, 5) is 0.157. The molecule has 0 aliphatic heterocycles. The van der Waals surface area contributed by atoms with E-state index in [1.54, 1.807) is 18.8 Å². The maximum Gasteiger partial charge on any atom is 0.243 e. The first-order chi connectivity index (χ1) is 9.34. The summed E-state index contributed by atoms with van der Waals surface area (Å²) in [6.07, 6.45) is 2.78. The first-order valence-corrected chi connectivity index (χ1v) is 9.42. The van der Waals surface area contributed by atoms with E-state index in [9.17, 15) is 13.5 Å². The summed E-state index contributed by atoms with van der Waals surface area (Å²) in [7, 11) is -1.99. The fourth-order valence-corrected chi connectivity index (χ4v) is 3.90. The van der Waals surface area contributed by atoms with E-state index in [1.807, 2.05) is 13.2 Å². The summed E-state index contributed by atoms with van der Waals surface area (Å²) < 4.78 is 26.4. The maximum atomic E-state index is 12.5. The lowest BCUT2D eigenvalue weighted by molar-refractivity contribution is 0.281. The van der Waals surface area contributed by atoms with Crippen LogP contribution in [0.5, 0.6) is 0 Å².